The van der Waals surface area contributed by atoms with Gasteiger partial charge in [0.2, 0.25) is 0 Å². The quantitative estimate of drug-likeness (QED) is 0.739. The molecule has 5 rings (SSSR count). The van der Waals surface area contributed by atoms with Crippen LogP contribution in [-0.4, -0.2) is 48.7 Å². The molecule has 28 heavy (non-hydrogen) atoms. The van der Waals surface area contributed by atoms with Gasteiger partial charge < -0.3 is 14.8 Å². The van der Waals surface area contributed by atoms with Crippen molar-refractivity contribution in [1.29, 1.82) is 0 Å². The molecule has 1 aromatic heterocycles. The fraction of sp³-hybridized carbons (Fsp3) is 0.417. The van der Waals surface area contributed by atoms with Crippen molar-refractivity contribution >= 4 is 16.6 Å². The van der Waals surface area contributed by atoms with Gasteiger partial charge in [-0.05, 0) is 49.7 Å². The molecule has 0 saturated carbocycles. The van der Waals surface area contributed by atoms with E-state index in [1.165, 1.54) is 48.3 Å². The summed E-state index contributed by atoms with van der Waals surface area (Å²) in [6.07, 6.45) is 2.38. The van der Waals surface area contributed by atoms with Gasteiger partial charge in [-0.3, -0.25) is 4.90 Å². The Labute approximate surface area is 167 Å². The molecule has 1 N–H and O–H groups in total. The van der Waals surface area contributed by atoms with Gasteiger partial charge in [0.1, 0.15) is 0 Å². The van der Waals surface area contributed by atoms with Crippen molar-refractivity contribution in [3.8, 4) is 0 Å². The second-order valence-corrected chi connectivity index (χ2v) is 8.04. The monoisotopic (exact) mass is 374 g/mol. The van der Waals surface area contributed by atoms with Crippen LogP contribution in [0.5, 0.6) is 0 Å². The van der Waals surface area contributed by atoms with Crippen LogP contribution in [0, 0.1) is 0 Å². The molecule has 0 amide bonds. The zero-order valence-electron chi connectivity index (χ0n) is 16.6. The van der Waals surface area contributed by atoms with Crippen molar-refractivity contribution in [1.82, 2.24) is 14.8 Å². The molecule has 3 aromatic rings. The molecule has 3 heterocycles. The molecule has 0 bridgehead atoms. The first-order valence-corrected chi connectivity index (χ1v) is 10.7. The van der Waals surface area contributed by atoms with E-state index in [-0.39, 0.29) is 0 Å². The van der Waals surface area contributed by atoms with E-state index in [1.54, 1.807) is 5.56 Å². The summed E-state index contributed by atoms with van der Waals surface area (Å²) < 4.78 is 2.58. The summed E-state index contributed by atoms with van der Waals surface area (Å²) in [4.78, 5) is 5.15. The predicted molar refractivity (Wildman–Crippen MR) is 117 cm³/mol. The number of aromatic nitrogens is 1. The number of anilines is 1. The van der Waals surface area contributed by atoms with E-state index in [4.69, 9.17) is 0 Å². The highest BCUT2D eigenvalue weighted by molar-refractivity contribution is 5.85. The number of nitrogens with zero attached hydrogens (tertiary/aromatic N) is 3. The molecule has 2 aliphatic heterocycles. The number of piperazine rings is 1. The molecule has 0 unspecified atom stereocenters. The van der Waals surface area contributed by atoms with Crippen LogP contribution in [0.15, 0.2) is 54.6 Å². The molecule has 1 fully saturated rings. The van der Waals surface area contributed by atoms with Crippen LogP contribution in [0.2, 0.25) is 0 Å². The van der Waals surface area contributed by atoms with Gasteiger partial charge in [-0.2, -0.15) is 0 Å². The first kappa shape index (κ1) is 17.8. The van der Waals surface area contributed by atoms with E-state index < -0.39 is 0 Å². The van der Waals surface area contributed by atoms with E-state index in [1.807, 2.05) is 0 Å². The number of rotatable bonds is 5. The Morgan fingerprint density at radius 2 is 1.61 bits per heavy atom. The van der Waals surface area contributed by atoms with Gasteiger partial charge in [-0.15, -0.1) is 0 Å². The number of hydrogen-bond acceptors (Lipinski definition) is 3. The topological polar surface area (TPSA) is 23.4 Å². The maximum Gasteiger partial charge on any atom is 0.0485 e. The molecule has 0 atom stereocenters. The Morgan fingerprint density at radius 1 is 0.821 bits per heavy atom. The fourth-order valence-corrected chi connectivity index (χ4v) is 4.91. The van der Waals surface area contributed by atoms with Crippen molar-refractivity contribution in [2.24, 2.45) is 0 Å². The van der Waals surface area contributed by atoms with Crippen molar-refractivity contribution in [3.63, 3.8) is 0 Å². The number of aryl methyl sites for hydroxylation is 1. The standard InChI is InChI=1S/C24H30N4/c1-2-7-20(8-3-1)27-17-15-26(16-18-27)13-6-14-28-23-10-5-4-9-21(23)22-11-12-25-19-24(22)28/h1-5,7-10,25H,6,11-19H2. The highest BCUT2D eigenvalue weighted by Crippen LogP contribution is 2.28. The van der Waals surface area contributed by atoms with Crippen LogP contribution in [0.3, 0.4) is 0 Å². The zero-order chi connectivity index (χ0) is 18.8. The lowest BCUT2D eigenvalue weighted by atomic mass is 10.1. The van der Waals surface area contributed by atoms with Gasteiger partial charge in [0.15, 0.2) is 0 Å². The molecule has 4 heteroatoms. The SMILES string of the molecule is c1ccc(N2CCN(CCCn3c4c(c5ccccc53)CCNC4)CC2)cc1. The maximum absolute atomic E-state index is 3.57. The Balaban J connectivity index is 1.20. The Morgan fingerprint density at radius 3 is 2.46 bits per heavy atom. The van der Waals surface area contributed by atoms with Crippen LogP contribution in [-0.2, 0) is 19.5 Å². The van der Waals surface area contributed by atoms with Crippen LogP contribution < -0.4 is 10.2 Å². The van der Waals surface area contributed by atoms with Crippen LogP contribution >= 0.6 is 0 Å². The van der Waals surface area contributed by atoms with Crippen molar-refractivity contribution in [2.75, 3.05) is 44.2 Å². The minimum atomic E-state index is 1.01. The number of nitrogens with one attached hydrogen (secondary N) is 1. The largest absolute Gasteiger partial charge is 0.369 e. The zero-order valence-corrected chi connectivity index (χ0v) is 16.6. The Hall–Kier alpha value is -2.30. The van der Waals surface area contributed by atoms with Crippen molar-refractivity contribution < 1.29 is 0 Å². The Kier molecular flexibility index (Phi) is 5.06. The summed E-state index contributed by atoms with van der Waals surface area (Å²) in [5.41, 5.74) is 5.87. The summed E-state index contributed by atoms with van der Waals surface area (Å²) in [7, 11) is 0. The molecule has 2 aromatic carbocycles. The van der Waals surface area contributed by atoms with E-state index >= 15 is 0 Å². The molecular weight excluding hydrogens is 344 g/mol. The maximum atomic E-state index is 3.57. The summed E-state index contributed by atoms with van der Waals surface area (Å²) in [5.74, 6) is 0. The molecule has 146 valence electrons. The average Bonchev–Trinajstić information content (AvgIpc) is 3.09. The molecule has 1 saturated heterocycles. The molecular formula is C24H30N4. The normalized spacial score (nSPS) is 17.8. The van der Waals surface area contributed by atoms with Crippen LogP contribution in [0.25, 0.3) is 10.9 Å². The third-order valence-corrected chi connectivity index (χ3v) is 6.39. The Bertz CT molecular complexity index is 922. The van der Waals surface area contributed by atoms with E-state index in [0.717, 1.165) is 39.1 Å². The first-order chi connectivity index (χ1) is 13.9. The minimum Gasteiger partial charge on any atom is -0.369 e. The highest BCUT2D eigenvalue weighted by atomic mass is 15.3. The first-order valence-electron chi connectivity index (χ1n) is 10.7. The third-order valence-electron chi connectivity index (χ3n) is 6.39. The number of para-hydroxylation sites is 2. The van der Waals surface area contributed by atoms with E-state index in [2.05, 4.69) is 74.3 Å². The van der Waals surface area contributed by atoms with Gasteiger partial charge in [0.05, 0.1) is 0 Å². The highest BCUT2D eigenvalue weighted by Gasteiger charge is 2.20. The molecule has 2 aliphatic rings. The number of fused-ring (bicyclic) bond motifs is 3. The van der Waals surface area contributed by atoms with E-state index in [0.29, 0.717) is 0 Å². The summed E-state index contributed by atoms with van der Waals surface area (Å²) in [6, 6.07) is 19.8. The minimum absolute atomic E-state index is 1.01. The van der Waals surface area contributed by atoms with Gasteiger partial charge in [-0.25, -0.2) is 0 Å². The van der Waals surface area contributed by atoms with Gasteiger partial charge in [0.25, 0.3) is 0 Å². The average molecular weight is 375 g/mol. The van der Waals surface area contributed by atoms with Crippen LogP contribution in [0.4, 0.5) is 5.69 Å². The van der Waals surface area contributed by atoms with E-state index in [9.17, 15) is 0 Å². The van der Waals surface area contributed by atoms with Gasteiger partial charge in [-0.1, -0.05) is 36.4 Å². The summed E-state index contributed by atoms with van der Waals surface area (Å²) in [6.45, 7) is 9.04. The lowest BCUT2D eigenvalue weighted by molar-refractivity contribution is 0.250. The van der Waals surface area contributed by atoms with Crippen molar-refractivity contribution in [2.45, 2.75) is 25.9 Å². The summed E-state index contributed by atoms with van der Waals surface area (Å²) in [5, 5.41) is 5.03. The molecule has 0 aliphatic carbocycles. The lowest BCUT2D eigenvalue weighted by Crippen LogP contribution is -2.46. The summed E-state index contributed by atoms with van der Waals surface area (Å²) >= 11 is 0. The smallest absolute Gasteiger partial charge is 0.0485 e. The predicted octanol–water partition coefficient (Wildman–Crippen LogP) is 3.50. The van der Waals surface area contributed by atoms with Crippen molar-refractivity contribution in [3.05, 3.63) is 65.9 Å². The molecule has 4 nitrogen and oxygen atoms in total. The second-order valence-electron chi connectivity index (χ2n) is 8.04. The number of benzene rings is 2. The molecule has 0 radical (unpaired) electrons. The van der Waals surface area contributed by atoms with Gasteiger partial charge >= 0.3 is 0 Å². The fourth-order valence-electron chi connectivity index (χ4n) is 4.91. The van der Waals surface area contributed by atoms with Crippen LogP contribution in [0.1, 0.15) is 17.7 Å². The van der Waals surface area contributed by atoms with Gasteiger partial charge in [0, 0.05) is 61.6 Å². The number of hydrogen-bond donors (Lipinski definition) is 1. The lowest BCUT2D eigenvalue weighted by Gasteiger charge is -2.36. The molecule has 0 spiro atoms. The third kappa shape index (κ3) is 3.43. The second kappa shape index (κ2) is 7.98.